The molecule has 1 saturated heterocycles. The number of aliphatic carboxylic acids is 1. The minimum atomic E-state index is -0.765. The number of nitrogens with zero attached hydrogens (tertiary/aromatic N) is 1. The van der Waals surface area contributed by atoms with Crippen molar-refractivity contribution in [2.24, 2.45) is 11.8 Å². The van der Waals surface area contributed by atoms with Crippen molar-refractivity contribution in [2.75, 3.05) is 19.6 Å². The normalized spacial score (nSPS) is 20.1. The highest BCUT2D eigenvalue weighted by Crippen LogP contribution is 2.25. The molecule has 5 heteroatoms. The number of likely N-dealkylation sites (tertiary alicyclic amines) is 1. The molecule has 0 aromatic rings. The fraction of sp³-hybridized carbons (Fsp3) is 0.667. The van der Waals surface area contributed by atoms with Crippen molar-refractivity contribution in [3.63, 3.8) is 0 Å². The molecule has 17 heavy (non-hydrogen) atoms. The van der Waals surface area contributed by atoms with Gasteiger partial charge in [0.15, 0.2) is 0 Å². The van der Waals surface area contributed by atoms with Crippen LogP contribution in [-0.2, 0) is 9.59 Å². The average molecular weight is 240 g/mol. The van der Waals surface area contributed by atoms with E-state index in [4.69, 9.17) is 5.11 Å². The van der Waals surface area contributed by atoms with Crippen LogP contribution in [0.25, 0.3) is 0 Å². The summed E-state index contributed by atoms with van der Waals surface area (Å²) in [5.41, 5.74) is 0. The molecule has 1 rings (SSSR count). The average Bonchev–Trinajstić information content (AvgIpc) is 2.23. The summed E-state index contributed by atoms with van der Waals surface area (Å²) in [6.45, 7) is 8.90. The van der Waals surface area contributed by atoms with Gasteiger partial charge < -0.3 is 10.4 Å². The van der Waals surface area contributed by atoms with E-state index >= 15 is 0 Å². The third kappa shape index (κ3) is 3.30. The lowest BCUT2D eigenvalue weighted by molar-refractivity contribution is -0.146. The molecular formula is C12H20N2O3. The Morgan fingerprint density at radius 3 is 2.59 bits per heavy atom. The molecule has 2 N–H and O–H groups in total. The predicted octanol–water partition coefficient (Wildman–Crippen LogP) is 0.330. The zero-order chi connectivity index (χ0) is 13.0. The molecule has 2 unspecified atom stereocenters. The highest BCUT2D eigenvalue weighted by molar-refractivity contribution is 5.81. The standard InChI is InChI=1S/C12H20N2O3/c1-4-5-13-11(15)9(3)14-6-10(7-14)8(2)12(16)17/h4,8-10H,1,5-7H2,2-3H3,(H,13,15)(H,16,17). The minimum absolute atomic E-state index is 0.0358. The number of rotatable bonds is 6. The lowest BCUT2D eigenvalue weighted by Gasteiger charge is -2.44. The lowest BCUT2D eigenvalue weighted by atomic mass is 9.86. The summed E-state index contributed by atoms with van der Waals surface area (Å²) in [6.07, 6.45) is 1.63. The van der Waals surface area contributed by atoms with Crippen LogP contribution in [0.4, 0.5) is 0 Å². The summed E-state index contributed by atoms with van der Waals surface area (Å²) in [5, 5.41) is 11.6. The van der Waals surface area contributed by atoms with Crippen LogP contribution in [0, 0.1) is 11.8 Å². The molecule has 2 atom stereocenters. The molecule has 5 nitrogen and oxygen atoms in total. The van der Waals surface area contributed by atoms with Gasteiger partial charge in [-0.25, -0.2) is 0 Å². The van der Waals surface area contributed by atoms with Gasteiger partial charge in [0.05, 0.1) is 12.0 Å². The van der Waals surface area contributed by atoms with Gasteiger partial charge in [0, 0.05) is 19.6 Å². The SMILES string of the molecule is C=CCNC(=O)C(C)N1CC(C(C)C(=O)O)C1. The Labute approximate surface area is 101 Å². The summed E-state index contributed by atoms with van der Waals surface area (Å²) < 4.78 is 0. The number of hydrogen-bond donors (Lipinski definition) is 2. The molecule has 1 fully saturated rings. The van der Waals surface area contributed by atoms with Crippen LogP contribution in [-0.4, -0.2) is 47.6 Å². The summed E-state index contributed by atoms with van der Waals surface area (Å²) in [6, 6.07) is -0.202. The molecule has 0 bridgehead atoms. The van der Waals surface area contributed by atoms with Crippen molar-refractivity contribution in [3.8, 4) is 0 Å². The summed E-state index contributed by atoms with van der Waals surface area (Å²) >= 11 is 0. The Bertz CT molecular complexity index is 311. The topological polar surface area (TPSA) is 69.6 Å². The van der Waals surface area contributed by atoms with Gasteiger partial charge in [0.1, 0.15) is 0 Å². The molecular weight excluding hydrogens is 220 g/mol. The van der Waals surface area contributed by atoms with Crippen LogP contribution < -0.4 is 5.32 Å². The van der Waals surface area contributed by atoms with E-state index in [-0.39, 0.29) is 23.8 Å². The zero-order valence-electron chi connectivity index (χ0n) is 10.3. The number of hydrogen-bond acceptors (Lipinski definition) is 3. The highest BCUT2D eigenvalue weighted by atomic mass is 16.4. The van der Waals surface area contributed by atoms with Gasteiger partial charge in [-0.05, 0) is 12.8 Å². The van der Waals surface area contributed by atoms with E-state index in [0.717, 1.165) is 0 Å². The van der Waals surface area contributed by atoms with Crippen LogP contribution in [0.5, 0.6) is 0 Å². The van der Waals surface area contributed by atoms with Gasteiger partial charge in [-0.15, -0.1) is 6.58 Å². The number of carboxylic acids is 1. The maximum Gasteiger partial charge on any atom is 0.306 e. The first-order valence-corrected chi connectivity index (χ1v) is 5.82. The largest absolute Gasteiger partial charge is 0.481 e. The van der Waals surface area contributed by atoms with E-state index < -0.39 is 5.97 Å². The van der Waals surface area contributed by atoms with Gasteiger partial charge >= 0.3 is 5.97 Å². The summed E-state index contributed by atoms with van der Waals surface area (Å²) in [7, 11) is 0. The van der Waals surface area contributed by atoms with Crippen molar-refractivity contribution in [2.45, 2.75) is 19.9 Å². The second-order valence-electron chi connectivity index (χ2n) is 4.55. The maximum absolute atomic E-state index is 11.6. The minimum Gasteiger partial charge on any atom is -0.481 e. The van der Waals surface area contributed by atoms with Gasteiger partial charge in [0.25, 0.3) is 0 Å². The van der Waals surface area contributed by atoms with E-state index in [9.17, 15) is 9.59 Å². The Kier molecular flexibility index (Phi) is 4.69. The Hall–Kier alpha value is -1.36. The highest BCUT2D eigenvalue weighted by Gasteiger charge is 2.38. The van der Waals surface area contributed by atoms with E-state index in [2.05, 4.69) is 11.9 Å². The third-order valence-corrected chi connectivity index (χ3v) is 3.38. The van der Waals surface area contributed by atoms with Crippen LogP contribution in [0.2, 0.25) is 0 Å². The van der Waals surface area contributed by atoms with Crippen LogP contribution in [0.15, 0.2) is 12.7 Å². The van der Waals surface area contributed by atoms with E-state index in [1.165, 1.54) is 0 Å². The maximum atomic E-state index is 11.6. The molecule has 0 radical (unpaired) electrons. The number of carbonyl (C=O) groups is 2. The van der Waals surface area contributed by atoms with Crippen molar-refractivity contribution in [3.05, 3.63) is 12.7 Å². The first kappa shape index (κ1) is 13.7. The summed E-state index contributed by atoms with van der Waals surface area (Å²) in [5.74, 6) is -0.985. The molecule has 0 aromatic carbocycles. The molecule has 0 aromatic heterocycles. The first-order chi connectivity index (χ1) is 7.97. The molecule has 0 aliphatic carbocycles. The molecule has 1 heterocycles. The molecule has 96 valence electrons. The molecule has 0 saturated carbocycles. The number of nitrogens with one attached hydrogen (secondary N) is 1. The van der Waals surface area contributed by atoms with Gasteiger partial charge in [-0.2, -0.15) is 0 Å². The van der Waals surface area contributed by atoms with E-state index in [0.29, 0.717) is 19.6 Å². The second kappa shape index (κ2) is 5.82. The van der Waals surface area contributed by atoms with Crippen LogP contribution in [0.1, 0.15) is 13.8 Å². The predicted molar refractivity (Wildman–Crippen MR) is 64.5 cm³/mol. The number of amides is 1. The monoisotopic (exact) mass is 240 g/mol. The molecule has 0 spiro atoms. The third-order valence-electron chi connectivity index (χ3n) is 3.38. The fourth-order valence-electron chi connectivity index (χ4n) is 1.87. The molecule has 1 amide bonds. The Morgan fingerprint density at radius 1 is 1.53 bits per heavy atom. The smallest absolute Gasteiger partial charge is 0.306 e. The second-order valence-corrected chi connectivity index (χ2v) is 4.55. The van der Waals surface area contributed by atoms with Gasteiger partial charge in [-0.1, -0.05) is 13.0 Å². The van der Waals surface area contributed by atoms with Crippen molar-refractivity contribution < 1.29 is 14.7 Å². The Morgan fingerprint density at radius 2 is 2.12 bits per heavy atom. The number of carbonyl (C=O) groups excluding carboxylic acids is 1. The zero-order valence-corrected chi connectivity index (χ0v) is 10.3. The molecule has 1 aliphatic heterocycles. The Balaban J connectivity index is 2.34. The van der Waals surface area contributed by atoms with E-state index in [1.807, 2.05) is 11.8 Å². The summed E-state index contributed by atoms with van der Waals surface area (Å²) in [4.78, 5) is 24.4. The van der Waals surface area contributed by atoms with Crippen molar-refractivity contribution >= 4 is 11.9 Å². The number of carboxylic acid groups (broad SMARTS) is 1. The fourth-order valence-corrected chi connectivity index (χ4v) is 1.87. The molecule has 1 aliphatic rings. The van der Waals surface area contributed by atoms with Crippen LogP contribution >= 0.6 is 0 Å². The van der Waals surface area contributed by atoms with Gasteiger partial charge in [0.2, 0.25) is 5.91 Å². The van der Waals surface area contributed by atoms with Crippen molar-refractivity contribution in [1.82, 2.24) is 10.2 Å². The van der Waals surface area contributed by atoms with E-state index in [1.54, 1.807) is 13.0 Å². The van der Waals surface area contributed by atoms with Crippen molar-refractivity contribution in [1.29, 1.82) is 0 Å². The van der Waals surface area contributed by atoms with Gasteiger partial charge in [-0.3, -0.25) is 14.5 Å². The van der Waals surface area contributed by atoms with Crippen LogP contribution in [0.3, 0.4) is 0 Å². The first-order valence-electron chi connectivity index (χ1n) is 5.82. The quantitative estimate of drug-likeness (QED) is 0.656. The lowest BCUT2D eigenvalue weighted by Crippen LogP contribution is -2.58.